The zero-order chi connectivity index (χ0) is 37.4. The van der Waals surface area contributed by atoms with Gasteiger partial charge in [-0.05, 0) is 72.8 Å². The lowest BCUT2D eigenvalue weighted by Crippen LogP contribution is -2.10. The first-order valence-corrected chi connectivity index (χ1v) is 17.6. The highest BCUT2D eigenvalue weighted by molar-refractivity contribution is 7.86. The van der Waals surface area contributed by atoms with Crippen LogP contribution in [-0.4, -0.2) is 31.8 Å². The Morgan fingerprint density at radius 3 is 1.04 bits per heavy atom. The van der Waals surface area contributed by atoms with Gasteiger partial charge in [0.2, 0.25) is 5.91 Å². The molecule has 0 aliphatic rings. The summed E-state index contributed by atoms with van der Waals surface area (Å²) in [4.78, 5) is 10.1. The van der Waals surface area contributed by atoms with Crippen molar-refractivity contribution in [3.63, 3.8) is 0 Å². The van der Waals surface area contributed by atoms with Crippen LogP contribution in [0.4, 0.5) is 28.4 Å². The van der Waals surface area contributed by atoms with Crippen LogP contribution in [0.2, 0.25) is 0 Å². The Morgan fingerprint density at radius 1 is 0.479 bits per heavy atom. The summed E-state index contributed by atoms with van der Waals surface area (Å²) in [6.45, 7) is 12.0. The third-order valence-corrected chi connectivity index (χ3v) is 7.60. The predicted molar refractivity (Wildman–Crippen MR) is 199 cm³/mol. The summed E-state index contributed by atoms with van der Waals surface area (Å²) in [5.74, 6) is -0.431. The van der Waals surface area contributed by atoms with Crippen molar-refractivity contribution in [3.8, 4) is 0 Å². The number of rotatable bonds is 3. The Balaban J connectivity index is 0.000000654. The SMILES string of the molecule is CC.CC.CC.NC(=O)c1ccc(N)cc1.Nc1ccc(N)c2cc(S(=O)(=O)O)ccc12.Nc1ccc(N)c2cc(S(=O)(=O)O)ccc12. The summed E-state index contributed by atoms with van der Waals surface area (Å²) < 4.78 is 61.6. The van der Waals surface area contributed by atoms with Crippen molar-refractivity contribution in [2.75, 3.05) is 28.7 Å². The molecule has 5 aromatic rings. The number of hydrogen-bond donors (Lipinski definition) is 8. The number of nitrogens with two attached hydrogens (primary N) is 6. The molecule has 5 aromatic carbocycles. The zero-order valence-corrected chi connectivity index (χ0v) is 29.4. The topological polar surface area (TPSA) is 282 Å². The van der Waals surface area contributed by atoms with Gasteiger partial charge in [0.05, 0.1) is 9.79 Å². The average molecular weight is 703 g/mol. The molecule has 5 rings (SSSR count). The highest BCUT2D eigenvalue weighted by Gasteiger charge is 2.13. The number of benzene rings is 5. The van der Waals surface area contributed by atoms with Gasteiger partial charge in [0, 0.05) is 55.5 Å². The lowest BCUT2D eigenvalue weighted by molar-refractivity contribution is 0.1000. The zero-order valence-electron chi connectivity index (χ0n) is 27.8. The van der Waals surface area contributed by atoms with E-state index in [-0.39, 0.29) is 9.79 Å². The number of hydrogen-bond acceptors (Lipinski definition) is 10. The third-order valence-electron chi connectivity index (χ3n) is 5.90. The van der Waals surface area contributed by atoms with Crippen LogP contribution in [0.1, 0.15) is 51.9 Å². The van der Waals surface area contributed by atoms with Gasteiger partial charge >= 0.3 is 0 Å². The molecular weight excluding hydrogens is 657 g/mol. The van der Waals surface area contributed by atoms with Gasteiger partial charge in [-0.3, -0.25) is 13.9 Å². The maximum atomic E-state index is 11.0. The van der Waals surface area contributed by atoms with E-state index in [0.29, 0.717) is 55.5 Å². The molecule has 0 heterocycles. The highest BCUT2D eigenvalue weighted by atomic mass is 32.2. The van der Waals surface area contributed by atoms with E-state index in [4.69, 9.17) is 43.5 Å². The molecule has 0 saturated heterocycles. The minimum Gasteiger partial charge on any atom is -0.399 e. The van der Waals surface area contributed by atoms with E-state index in [9.17, 15) is 21.6 Å². The van der Waals surface area contributed by atoms with Gasteiger partial charge in [0.25, 0.3) is 20.2 Å². The summed E-state index contributed by atoms with van der Waals surface area (Å²) in [7, 11) is -8.44. The Bertz CT molecular complexity index is 1900. The molecule has 14 N–H and O–H groups in total. The first-order valence-electron chi connectivity index (χ1n) is 14.7. The van der Waals surface area contributed by atoms with Gasteiger partial charge in [0.15, 0.2) is 0 Å². The van der Waals surface area contributed by atoms with Crippen molar-refractivity contribution < 1.29 is 30.7 Å². The Labute approximate surface area is 282 Å². The first kappa shape index (κ1) is 42.9. The molecule has 0 aromatic heterocycles. The molecule has 0 unspecified atom stereocenters. The van der Waals surface area contributed by atoms with Gasteiger partial charge in [0.1, 0.15) is 0 Å². The van der Waals surface area contributed by atoms with Crippen molar-refractivity contribution in [3.05, 3.63) is 90.5 Å². The van der Waals surface area contributed by atoms with E-state index in [2.05, 4.69) is 0 Å². The fraction of sp³-hybridized carbons (Fsp3) is 0.182. The van der Waals surface area contributed by atoms with Crippen LogP contribution < -0.4 is 34.4 Å². The maximum Gasteiger partial charge on any atom is 0.294 e. The predicted octanol–water partition coefficient (Wildman–Crippen LogP) is 5.95. The quantitative estimate of drug-likeness (QED) is 0.0800. The minimum absolute atomic E-state index is 0.197. The molecule has 0 spiro atoms. The molecule has 0 saturated carbocycles. The number of carbonyl (C=O) groups excluding carboxylic acids is 1. The van der Waals surface area contributed by atoms with Crippen LogP contribution in [0.3, 0.4) is 0 Å². The minimum atomic E-state index is -4.22. The second-order valence-electron chi connectivity index (χ2n) is 8.84. The number of primary amides is 1. The second kappa shape index (κ2) is 19.5. The summed E-state index contributed by atoms with van der Waals surface area (Å²) in [5, 5.41) is 2.34. The van der Waals surface area contributed by atoms with Crippen molar-refractivity contribution in [1.82, 2.24) is 0 Å². The van der Waals surface area contributed by atoms with Crippen molar-refractivity contribution >= 4 is 76.1 Å². The largest absolute Gasteiger partial charge is 0.399 e. The number of nitrogen functional groups attached to an aromatic ring is 5. The third kappa shape index (κ3) is 12.3. The van der Waals surface area contributed by atoms with Crippen molar-refractivity contribution in [2.45, 2.75) is 51.3 Å². The lowest BCUT2D eigenvalue weighted by atomic mass is 10.1. The van der Waals surface area contributed by atoms with Gasteiger partial charge in [-0.1, -0.05) is 53.7 Å². The molecule has 262 valence electrons. The second-order valence-corrected chi connectivity index (χ2v) is 11.7. The van der Waals surface area contributed by atoms with Crippen LogP contribution in [0.5, 0.6) is 0 Å². The smallest absolute Gasteiger partial charge is 0.294 e. The van der Waals surface area contributed by atoms with E-state index in [1.165, 1.54) is 36.4 Å². The molecule has 13 nitrogen and oxygen atoms in total. The van der Waals surface area contributed by atoms with E-state index < -0.39 is 26.1 Å². The maximum absolute atomic E-state index is 11.0. The Kier molecular flexibility index (Phi) is 17.5. The van der Waals surface area contributed by atoms with Crippen LogP contribution in [0.25, 0.3) is 21.5 Å². The Morgan fingerprint density at radius 2 is 0.771 bits per heavy atom. The molecule has 0 radical (unpaired) electrons. The normalized spacial score (nSPS) is 10.2. The fourth-order valence-corrected chi connectivity index (χ4v) is 4.73. The standard InChI is InChI=1S/2C10H10N2O3S.C7H8N2O.3C2H6/c2*11-9-3-4-10(12)8-5-6(16(13,14)15)1-2-7(8)9;8-6-3-1-5(2-4-6)7(9)10;3*1-2/h2*1-5H,11-12H2,(H,13,14,15);1-4H,8H2,(H2,9,10);3*1-2H3. The molecule has 0 fully saturated rings. The van der Waals surface area contributed by atoms with Crippen molar-refractivity contribution in [2.24, 2.45) is 5.73 Å². The molecule has 48 heavy (non-hydrogen) atoms. The fourth-order valence-electron chi connectivity index (χ4n) is 3.71. The van der Waals surface area contributed by atoms with Crippen LogP contribution in [0.15, 0.2) is 94.7 Å². The molecule has 1 amide bonds. The average Bonchev–Trinajstić information content (AvgIpc) is 3.07. The highest BCUT2D eigenvalue weighted by Crippen LogP contribution is 2.29. The lowest BCUT2D eigenvalue weighted by Gasteiger charge is -2.06. The monoisotopic (exact) mass is 702 g/mol. The van der Waals surface area contributed by atoms with E-state index >= 15 is 0 Å². The van der Waals surface area contributed by atoms with Gasteiger partial charge < -0.3 is 34.4 Å². The first-order chi connectivity index (χ1) is 22.5. The molecule has 0 atom stereocenters. The van der Waals surface area contributed by atoms with Gasteiger partial charge in [-0.15, -0.1) is 0 Å². The van der Waals surface area contributed by atoms with E-state index in [1.807, 2.05) is 41.5 Å². The number of anilines is 5. The molecule has 0 aliphatic heterocycles. The van der Waals surface area contributed by atoms with E-state index in [1.54, 1.807) is 48.5 Å². The number of carbonyl (C=O) groups is 1. The number of amides is 1. The summed E-state index contributed by atoms with van der Waals surface area (Å²) >= 11 is 0. The molecule has 15 heteroatoms. The van der Waals surface area contributed by atoms with Crippen LogP contribution >= 0.6 is 0 Å². The summed E-state index contributed by atoms with van der Waals surface area (Å²) in [6, 6.07) is 21.1. The van der Waals surface area contributed by atoms with Crippen molar-refractivity contribution in [1.29, 1.82) is 0 Å². The van der Waals surface area contributed by atoms with Crippen LogP contribution in [0, 0.1) is 0 Å². The summed E-state index contributed by atoms with van der Waals surface area (Å²) in [5.41, 5.74) is 36.1. The van der Waals surface area contributed by atoms with E-state index in [0.717, 1.165) is 0 Å². The molecule has 0 bridgehead atoms. The van der Waals surface area contributed by atoms with Gasteiger partial charge in [-0.25, -0.2) is 0 Å². The van der Waals surface area contributed by atoms with Crippen LogP contribution in [-0.2, 0) is 20.2 Å². The molecule has 0 aliphatic carbocycles. The summed E-state index contributed by atoms with van der Waals surface area (Å²) in [6.07, 6.45) is 0. The Hall–Kier alpha value is -5.09. The molecular formula is C33H46N6O7S2. The number of fused-ring (bicyclic) bond motifs is 2. The van der Waals surface area contributed by atoms with Gasteiger partial charge in [-0.2, -0.15) is 16.8 Å².